The Morgan fingerprint density at radius 3 is 1.27 bits per heavy atom. The number of carboxylic acid groups (broad SMARTS) is 2. The van der Waals surface area contributed by atoms with Crippen molar-refractivity contribution in [3.8, 4) is 0 Å². The number of carboxylic acids is 2. The minimum Gasteiger partial charge on any atom is -0.480 e. The highest BCUT2D eigenvalue weighted by Crippen LogP contribution is 2.56. The third-order valence-electron chi connectivity index (χ3n) is 3.22. The van der Waals surface area contributed by atoms with Crippen LogP contribution in [0.15, 0.2) is 0 Å². The minimum atomic E-state index is -4.11. The average molecular weight is 234 g/mol. The van der Waals surface area contributed by atoms with Gasteiger partial charge in [-0.1, -0.05) is 0 Å². The first kappa shape index (κ1) is 10.4. The Hall–Kier alpha value is -1.11. The van der Waals surface area contributed by atoms with E-state index in [0.29, 0.717) is 0 Å². The van der Waals surface area contributed by atoms with E-state index in [9.17, 15) is 18.0 Å². The molecule has 0 amide bonds. The van der Waals surface area contributed by atoms with Crippen LogP contribution in [0.25, 0.3) is 0 Å². The normalized spacial score (nSPS) is 25.6. The van der Waals surface area contributed by atoms with E-state index in [4.69, 9.17) is 10.2 Å². The average Bonchev–Trinajstić information content (AvgIpc) is 3.00. The van der Waals surface area contributed by atoms with Crippen molar-refractivity contribution >= 4 is 21.8 Å². The van der Waals surface area contributed by atoms with Crippen LogP contribution in [0.2, 0.25) is 0 Å². The first-order valence-electron chi connectivity index (χ1n) is 4.51. The molecule has 2 N–H and O–H groups in total. The van der Waals surface area contributed by atoms with Gasteiger partial charge in [0.05, 0.1) is 0 Å². The molecule has 2 aliphatic carbocycles. The van der Waals surface area contributed by atoms with Gasteiger partial charge in [0.25, 0.3) is 0 Å². The SMILES string of the molecule is O=C(O)C1(S(=O)(=O)C2(C(=O)O)CC2)CC1. The summed E-state index contributed by atoms with van der Waals surface area (Å²) in [6, 6.07) is 0. The molecule has 2 saturated carbocycles. The summed E-state index contributed by atoms with van der Waals surface area (Å²) in [4.78, 5) is 21.7. The third kappa shape index (κ3) is 1.01. The van der Waals surface area contributed by atoms with Crippen LogP contribution in [0.4, 0.5) is 0 Å². The molecule has 84 valence electrons. The van der Waals surface area contributed by atoms with E-state index < -0.39 is 31.3 Å². The van der Waals surface area contributed by atoms with Gasteiger partial charge < -0.3 is 10.2 Å². The molecule has 0 unspecified atom stereocenters. The minimum absolute atomic E-state index is 0.0275. The summed E-state index contributed by atoms with van der Waals surface area (Å²) in [6.07, 6.45) is 0.110. The molecule has 2 rings (SSSR count). The van der Waals surface area contributed by atoms with Crippen molar-refractivity contribution in [3.05, 3.63) is 0 Å². The largest absolute Gasteiger partial charge is 0.480 e. The summed E-state index contributed by atoms with van der Waals surface area (Å²) in [6.45, 7) is 0. The Morgan fingerprint density at radius 2 is 1.13 bits per heavy atom. The van der Waals surface area contributed by atoms with Gasteiger partial charge in [0.2, 0.25) is 0 Å². The zero-order chi connectivity index (χ0) is 11.5. The molecular weight excluding hydrogens is 224 g/mol. The number of hydrogen-bond acceptors (Lipinski definition) is 4. The summed E-state index contributed by atoms with van der Waals surface area (Å²) in [5.41, 5.74) is 0. The van der Waals surface area contributed by atoms with Gasteiger partial charge in [0, 0.05) is 0 Å². The Balaban J connectivity index is 2.46. The van der Waals surface area contributed by atoms with Crippen molar-refractivity contribution in [3.63, 3.8) is 0 Å². The highest BCUT2D eigenvalue weighted by atomic mass is 32.2. The number of sulfone groups is 1. The molecule has 2 fully saturated rings. The monoisotopic (exact) mass is 234 g/mol. The molecule has 0 aromatic heterocycles. The smallest absolute Gasteiger partial charge is 0.325 e. The zero-order valence-electron chi connectivity index (χ0n) is 7.76. The first-order chi connectivity index (χ1) is 6.80. The number of aliphatic carboxylic acids is 2. The molecule has 0 spiro atoms. The van der Waals surface area contributed by atoms with Gasteiger partial charge in [-0.2, -0.15) is 0 Å². The van der Waals surface area contributed by atoms with Crippen LogP contribution in [0.5, 0.6) is 0 Å². The predicted octanol–water partition coefficient (Wildman–Crippen LogP) is -0.364. The van der Waals surface area contributed by atoms with E-state index >= 15 is 0 Å². The fourth-order valence-electron chi connectivity index (χ4n) is 1.80. The lowest BCUT2D eigenvalue weighted by Gasteiger charge is -2.17. The molecule has 0 radical (unpaired) electrons. The van der Waals surface area contributed by atoms with Crippen LogP contribution in [-0.4, -0.2) is 40.1 Å². The van der Waals surface area contributed by atoms with Crippen molar-refractivity contribution < 1.29 is 28.2 Å². The van der Waals surface area contributed by atoms with Crippen molar-refractivity contribution in [2.75, 3.05) is 0 Å². The van der Waals surface area contributed by atoms with Crippen LogP contribution < -0.4 is 0 Å². The van der Waals surface area contributed by atoms with E-state index in [0.717, 1.165) is 0 Å². The van der Waals surface area contributed by atoms with Crippen molar-refractivity contribution in [2.24, 2.45) is 0 Å². The summed E-state index contributed by atoms with van der Waals surface area (Å²) >= 11 is 0. The molecule has 0 aliphatic heterocycles. The topological polar surface area (TPSA) is 109 Å². The molecule has 6 nitrogen and oxygen atoms in total. The zero-order valence-corrected chi connectivity index (χ0v) is 8.58. The highest BCUT2D eigenvalue weighted by molar-refractivity contribution is 7.96. The van der Waals surface area contributed by atoms with Crippen molar-refractivity contribution in [2.45, 2.75) is 35.2 Å². The van der Waals surface area contributed by atoms with Crippen molar-refractivity contribution in [1.29, 1.82) is 0 Å². The predicted molar refractivity (Wildman–Crippen MR) is 48.1 cm³/mol. The van der Waals surface area contributed by atoms with Gasteiger partial charge in [0.15, 0.2) is 19.3 Å². The quantitative estimate of drug-likeness (QED) is 0.687. The molecule has 0 heterocycles. The van der Waals surface area contributed by atoms with Gasteiger partial charge in [-0.25, -0.2) is 8.42 Å². The highest BCUT2D eigenvalue weighted by Gasteiger charge is 2.74. The van der Waals surface area contributed by atoms with Crippen molar-refractivity contribution in [1.82, 2.24) is 0 Å². The maximum atomic E-state index is 11.9. The van der Waals surface area contributed by atoms with E-state index in [2.05, 4.69) is 0 Å². The fourth-order valence-corrected chi connectivity index (χ4v) is 4.28. The Labute approximate surface area is 85.8 Å². The molecule has 0 bridgehead atoms. The molecule has 0 aromatic rings. The Kier molecular flexibility index (Phi) is 1.75. The van der Waals surface area contributed by atoms with Crippen LogP contribution in [-0.2, 0) is 19.4 Å². The lowest BCUT2D eigenvalue weighted by molar-refractivity contribution is -0.137. The summed E-state index contributed by atoms with van der Waals surface area (Å²) < 4.78 is 20.2. The number of hydrogen-bond donors (Lipinski definition) is 2. The van der Waals surface area contributed by atoms with E-state index in [1.807, 2.05) is 0 Å². The van der Waals surface area contributed by atoms with Gasteiger partial charge >= 0.3 is 11.9 Å². The second-order valence-electron chi connectivity index (χ2n) is 4.10. The fraction of sp³-hybridized carbons (Fsp3) is 0.750. The molecule has 7 heteroatoms. The van der Waals surface area contributed by atoms with Gasteiger partial charge in [-0.05, 0) is 25.7 Å². The van der Waals surface area contributed by atoms with Gasteiger partial charge in [-0.3, -0.25) is 9.59 Å². The maximum absolute atomic E-state index is 11.9. The summed E-state index contributed by atoms with van der Waals surface area (Å²) in [7, 11) is -4.11. The van der Waals surface area contributed by atoms with Crippen LogP contribution in [0.3, 0.4) is 0 Å². The van der Waals surface area contributed by atoms with Crippen LogP contribution >= 0.6 is 0 Å². The van der Waals surface area contributed by atoms with Crippen LogP contribution in [0.1, 0.15) is 25.7 Å². The second-order valence-corrected chi connectivity index (χ2v) is 6.67. The maximum Gasteiger partial charge on any atom is 0.325 e. The lowest BCUT2D eigenvalue weighted by atomic mass is 10.4. The molecule has 2 aliphatic rings. The number of carbonyl (C=O) groups is 2. The standard InChI is InChI=1S/C8H10O6S/c9-5(10)7(1-2-7)15(13,14)8(3-4-8)6(11)12/h1-4H2,(H,9,10)(H,11,12). The molecule has 0 atom stereocenters. The lowest BCUT2D eigenvalue weighted by Crippen LogP contribution is -2.45. The van der Waals surface area contributed by atoms with E-state index in [-0.39, 0.29) is 25.7 Å². The summed E-state index contributed by atoms with van der Waals surface area (Å²) in [5, 5.41) is 17.7. The summed E-state index contributed by atoms with van der Waals surface area (Å²) in [5.74, 6) is -2.84. The molecule has 0 aromatic carbocycles. The second kappa shape index (κ2) is 2.52. The Morgan fingerprint density at radius 1 is 0.867 bits per heavy atom. The van der Waals surface area contributed by atoms with Gasteiger partial charge in [-0.15, -0.1) is 0 Å². The first-order valence-corrected chi connectivity index (χ1v) is 5.99. The van der Waals surface area contributed by atoms with E-state index in [1.165, 1.54) is 0 Å². The molecule has 15 heavy (non-hydrogen) atoms. The van der Waals surface area contributed by atoms with Crippen LogP contribution in [0, 0.1) is 0 Å². The molecule has 0 saturated heterocycles. The third-order valence-corrected chi connectivity index (χ3v) is 6.44. The number of rotatable bonds is 4. The van der Waals surface area contributed by atoms with Gasteiger partial charge in [0.1, 0.15) is 0 Å². The van der Waals surface area contributed by atoms with E-state index in [1.54, 1.807) is 0 Å². The Bertz CT molecular complexity index is 404. The molecular formula is C8H10O6S.